The van der Waals surface area contributed by atoms with Gasteiger partial charge < -0.3 is 4.74 Å². The van der Waals surface area contributed by atoms with Crippen LogP contribution in [-0.4, -0.2) is 15.5 Å². The fourth-order valence-electron chi connectivity index (χ4n) is 1.94. The Bertz CT molecular complexity index is 810. The van der Waals surface area contributed by atoms with Crippen LogP contribution >= 0.6 is 0 Å². The smallest absolute Gasteiger partial charge is 0.185 e. The highest BCUT2D eigenvalue weighted by atomic mass is 32.2. The van der Waals surface area contributed by atoms with Gasteiger partial charge in [0, 0.05) is 5.56 Å². The lowest BCUT2D eigenvalue weighted by Crippen LogP contribution is -2.08. The molecule has 0 heterocycles. The van der Waals surface area contributed by atoms with Gasteiger partial charge in [-0.3, -0.25) is 0 Å². The molecule has 0 aliphatic rings. The maximum Gasteiger partial charge on any atom is 0.185 e. The van der Waals surface area contributed by atoms with E-state index in [9.17, 15) is 12.8 Å². The lowest BCUT2D eigenvalue weighted by Gasteiger charge is -2.10. The molecule has 2 aromatic rings. The second-order valence-corrected chi connectivity index (χ2v) is 6.29. The van der Waals surface area contributed by atoms with Crippen molar-refractivity contribution in [1.82, 2.24) is 0 Å². The number of sulfone groups is 1. The van der Waals surface area contributed by atoms with Crippen molar-refractivity contribution in [3.05, 3.63) is 59.4 Å². The molecule has 0 atom stereocenters. The van der Waals surface area contributed by atoms with Crippen LogP contribution in [-0.2, 0) is 15.6 Å². The molecule has 0 amide bonds. The predicted molar refractivity (Wildman–Crippen MR) is 75.0 cm³/mol. The van der Waals surface area contributed by atoms with Crippen molar-refractivity contribution in [3.8, 4) is 11.8 Å². The summed E-state index contributed by atoms with van der Waals surface area (Å²) in [5.41, 5.74) is 0.634. The largest absolute Gasteiger partial charge is 0.496 e. The average Bonchev–Trinajstić information content (AvgIpc) is 2.47. The minimum atomic E-state index is -3.87. The second-order valence-electron chi connectivity index (χ2n) is 4.33. The molecule has 0 aliphatic heterocycles. The Morgan fingerprint density at radius 1 is 1.24 bits per heavy atom. The van der Waals surface area contributed by atoms with Crippen LogP contribution < -0.4 is 4.74 Å². The lowest BCUT2D eigenvalue weighted by molar-refractivity contribution is 0.411. The van der Waals surface area contributed by atoms with Crippen molar-refractivity contribution in [2.24, 2.45) is 0 Å². The van der Waals surface area contributed by atoms with Gasteiger partial charge in [-0.25, -0.2) is 12.8 Å². The van der Waals surface area contributed by atoms with Crippen molar-refractivity contribution >= 4 is 9.84 Å². The Kier molecular flexibility index (Phi) is 4.24. The predicted octanol–water partition coefficient (Wildman–Crippen LogP) is 2.68. The third kappa shape index (κ3) is 3.20. The molecule has 0 saturated carbocycles. The first-order valence-electron chi connectivity index (χ1n) is 6.02. The summed E-state index contributed by atoms with van der Waals surface area (Å²) < 4.78 is 43.4. The normalized spacial score (nSPS) is 10.9. The molecule has 0 bridgehead atoms. The van der Waals surface area contributed by atoms with E-state index in [4.69, 9.17) is 10.00 Å². The van der Waals surface area contributed by atoms with E-state index in [1.807, 2.05) is 6.07 Å². The molecule has 2 rings (SSSR count). The first-order valence-corrected chi connectivity index (χ1v) is 7.67. The monoisotopic (exact) mass is 305 g/mol. The van der Waals surface area contributed by atoms with E-state index in [2.05, 4.69) is 0 Å². The van der Waals surface area contributed by atoms with Gasteiger partial charge in [-0.1, -0.05) is 12.1 Å². The van der Waals surface area contributed by atoms with Crippen molar-refractivity contribution in [2.45, 2.75) is 10.6 Å². The van der Waals surface area contributed by atoms with Crippen molar-refractivity contribution in [2.75, 3.05) is 7.11 Å². The molecule has 0 fully saturated rings. The number of methoxy groups -OCH3 is 1. The van der Waals surface area contributed by atoms with Crippen molar-refractivity contribution in [1.29, 1.82) is 5.26 Å². The van der Waals surface area contributed by atoms with Crippen LogP contribution in [0.2, 0.25) is 0 Å². The van der Waals surface area contributed by atoms with Crippen molar-refractivity contribution < 1.29 is 17.5 Å². The van der Waals surface area contributed by atoms with E-state index in [1.54, 1.807) is 0 Å². The van der Waals surface area contributed by atoms with Crippen LogP contribution in [0.3, 0.4) is 0 Å². The summed E-state index contributed by atoms with van der Waals surface area (Å²) in [6.07, 6.45) is 0. The van der Waals surface area contributed by atoms with Gasteiger partial charge in [-0.15, -0.1) is 0 Å². The summed E-state index contributed by atoms with van der Waals surface area (Å²) >= 11 is 0. The number of hydrogen-bond donors (Lipinski definition) is 0. The number of ether oxygens (including phenoxy) is 1. The Labute approximate surface area is 122 Å². The molecule has 0 N–H and O–H groups in total. The molecule has 2 aromatic carbocycles. The molecule has 6 heteroatoms. The Morgan fingerprint density at radius 3 is 2.57 bits per heavy atom. The van der Waals surface area contributed by atoms with Gasteiger partial charge in [0.2, 0.25) is 0 Å². The van der Waals surface area contributed by atoms with Gasteiger partial charge >= 0.3 is 0 Å². The minimum Gasteiger partial charge on any atom is -0.496 e. The van der Waals surface area contributed by atoms with Gasteiger partial charge in [-0.05, 0) is 30.3 Å². The lowest BCUT2D eigenvalue weighted by atomic mass is 10.1. The summed E-state index contributed by atoms with van der Waals surface area (Å²) in [4.78, 5) is -0.366. The van der Waals surface area contributed by atoms with E-state index in [-0.39, 0.29) is 4.90 Å². The van der Waals surface area contributed by atoms with Gasteiger partial charge in [0.15, 0.2) is 9.84 Å². The fraction of sp³-hybridized carbons (Fsp3) is 0.133. The molecule has 21 heavy (non-hydrogen) atoms. The van der Waals surface area contributed by atoms with Gasteiger partial charge in [0.25, 0.3) is 0 Å². The molecule has 4 nitrogen and oxygen atoms in total. The molecule has 108 valence electrons. The first kappa shape index (κ1) is 15.0. The molecule has 0 saturated heterocycles. The van der Waals surface area contributed by atoms with E-state index in [1.165, 1.54) is 43.5 Å². The first-order chi connectivity index (χ1) is 9.97. The van der Waals surface area contributed by atoms with E-state index < -0.39 is 21.4 Å². The molecule has 0 unspecified atom stereocenters. The summed E-state index contributed by atoms with van der Waals surface area (Å²) in [7, 11) is -2.46. The third-order valence-electron chi connectivity index (χ3n) is 2.93. The number of halogens is 1. The van der Waals surface area contributed by atoms with Gasteiger partial charge in [-0.2, -0.15) is 5.26 Å². The number of benzene rings is 2. The Balaban J connectivity index is 2.46. The fourth-order valence-corrected chi connectivity index (χ4v) is 3.38. The van der Waals surface area contributed by atoms with Crippen LogP contribution in [0.25, 0.3) is 0 Å². The zero-order valence-electron chi connectivity index (χ0n) is 11.2. The highest BCUT2D eigenvalue weighted by Crippen LogP contribution is 2.26. The van der Waals surface area contributed by atoms with E-state index in [0.717, 1.165) is 6.07 Å². The Morgan fingerprint density at radius 2 is 1.95 bits per heavy atom. The maximum absolute atomic E-state index is 13.7. The van der Waals surface area contributed by atoms with Crippen LogP contribution in [0.5, 0.6) is 5.75 Å². The standard InChI is InChI=1S/C15H12FNO3S/c1-20-14-7-6-11(9-17)8-12(14)10-21(18,19)15-5-3-2-4-13(15)16/h2-8H,10H2,1H3. The number of nitriles is 1. The zero-order valence-corrected chi connectivity index (χ0v) is 12.0. The molecule has 0 aliphatic carbocycles. The summed E-state index contributed by atoms with van der Waals surface area (Å²) in [5, 5.41) is 8.88. The highest BCUT2D eigenvalue weighted by molar-refractivity contribution is 7.90. The minimum absolute atomic E-state index is 0.314. The Hall–Kier alpha value is -2.39. The topological polar surface area (TPSA) is 67.2 Å². The molecule has 0 aromatic heterocycles. The van der Waals surface area contributed by atoms with Crippen molar-refractivity contribution in [3.63, 3.8) is 0 Å². The van der Waals surface area contributed by atoms with Gasteiger partial charge in [0.1, 0.15) is 16.5 Å². The molecule has 0 radical (unpaired) electrons. The maximum atomic E-state index is 13.7. The number of nitrogens with zero attached hydrogens (tertiary/aromatic N) is 1. The van der Waals surface area contributed by atoms with E-state index in [0.29, 0.717) is 16.9 Å². The van der Waals surface area contributed by atoms with Crippen LogP contribution in [0.15, 0.2) is 47.4 Å². The van der Waals surface area contributed by atoms with Crippen LogP contribution in [0, 0.1) is 17.1 Å². The second kappa shape index (κ2) is 5.94. The van der Waals surface area contributed by atoms with E-state index >= 15 is 0 Å². The summed E-state index contributed by atoms with van der Waals surface area (Å²) in [6, 6.07) is 11.6. The summed E-state index contributed by atoms with van der Waals surface area (Å²) in [5.74, 6) is -0.895. The quantitative estimate of drug-likeness (QED) is 0.871. The molecular weight excluding hydrogens is 293 g/mol. The SMILES string of the molecule is COc1ccc(C#N)cc1CS(=O)(=O)c1ccccc1F. The molecular formula is C15H12FNO3S. The highest BCUT2D eigenvalue weighted by Gasteiger charge is 2.21. The van der Waals surface area contributed by atoms with Crippen LogP contribution in [0.4, 0.5) is 4.39 Å². The van der Waals surface area contributed by atoms with Crippen LogP contribution in [0.1, 0.15) is 11.1 Å². The number of hydrogen-bond acceptors (Lipinski definition) is 4. The van der Waals surface area contributed by atoms with Gasteiger partial charge in [0.05, 0.1) is 24.5 Å². The average molecular weight is 305 g/mol. The zero-order chi connectivity index (χ0) is 15.5. The molecule has 0 spiro atoms. The number of rotatable bonds is 4. The summed E-state index contributed by atoms with van der Waals surface area (Å²) in [6.45, 7) is 0. The third-order valence-corrected chi connectivity index (χ3v) is 4.62.